The maximum Gasteiger partial charge on any atom is 0.311 e. The van der Waals surface area contributed by atoms with Crippen LogP contribution in [-0.2, 0) is 4.79 Å². The van der Waals surface area contributed by atoms with Crippen LogP contribution in [0.1, 0.15) is 25.5 Å². The van der Waals surface area contributed by atoms with Crippen LogP contribution < -0.4 is 4.90 Å². The van der Waals surface area contributed by atoms with Crippen LogP contribution in [-0.4, -0.2) is 34.1 Å². The Morgan fingerprint density at radius 3 is 2.82 bits per heavy atom. The van der Waals surface area contributed by atoms with Crippen molar-refractivity contribution in [1.82, 2.24) is 9.97 Å². The summed E-state index contributed by atoms with van der Waals surface area (Å²) >= 11 is 0. The first-order valence-electron chi connectivity index (χ1n) is 5.79. The second kappa shape index (κ2) is 4.31. The number of hydrogen-bond acceptors (Lipinski definition) is 4. The molecule has 17 heavy (non-hydrogen) atoms. The quantitative estimate of drug-likeness (QED) is 0.841. The molecule has 0 aromatic carbocycles. The zero-order valence-corrected chi connectivity index (χ0v) is 10.2. The van der Waals surface area contributed by atoms with Crippen molar-refractivity contribution in [2.24, 2.45) is 5.41 Å². The molecule has 2 rings (SSSR count). The molecule has 5 nitrogen and oxygen atoms in total. The van der Waals surface area contributed by atoms with E-state index in [9.17, 15) is 9.90 Å². The maximum atomic E-state index is 11.3. The van der Waals surface area contributed by atoms with Crippen LogP contribution in [0.25, 0.3) is 0 Å². The Kier molecular flexibility index (Phi) is 3.00. The Bertz CT molecular complexity index is 436. The van der Waals surface area contributed by atoms with Crippen LogP contribution in [0, 0.1) is 12.3 Å². The van der Waals surface area contributed by atoms with E-state index >= 15 is 0 Å². The first-order chi connectivity index (χ1) is 8.03. The molecule has 1 N–H and O–H groups in total. The van der Waals surface area contributed by atoms with Gasteiger partial charge in [-0.2, -0.15) is 0 Å². The second-order valence-electron chi connectivity index (χ2n) is 4.86. The molecule has 0 saturated carbocycles. The van der Waals surface area contributed by atoms with E-state index in [-0.39, 0.29) is 0 Å². The van der Waals surface area contributed by atoms with Crippen LogP contribution in [0.4, 0.5) is 5.82 Å². The number of hydrogen-bond donors (Lipinski definition) is 1. The summed E-state index contributed by atoms with van der Waals surface area (Å²) in [5.41, 5.74) is 0.171. The van der Waals surface area contributed by atoms with Gasteiger partial charge in [0, 0.05) is 25.5 Å². The number of anilines is 1. The Morgan fingerprint density at radius 2 is 2.18 bits per heavy atom. The molecule has 1 aliphatic rings. The summed E-state index contributed by atoms with van der Waals surface area (Å²) in [6.07, 6.45) is 4.89. The molecule has 92 valence electrons. The fourth-order valence-electron chi connectivity index (χ4n) is 2.31. The first-order valence-corrected chi connectivity index (χ1v) is 5.79. The average Bonchev–Trinajstić information content (AvgIpc) is 2.29. The van der Waals surface area contributed by atoms with Gasteiger partial charge in [-0.3, -0.25) is 9.78 Å². The Balaban J connectivity index is 2.24. The first kappa shape index (κ1) is 11.8. The standard InChI is InChI=1S/C12H17N3O2/c1-9-10(14-6-5-13-9)15-7-3-4-12(2,8-15)11(16)17/h5-6H,3-4,7-8H2,1-2H3,(H,16,17). The molecule has 2 heterocycles. The van der Waals surface area contributed by atoms with E-state index in [1.165, 1.54) is 0 Å². The Labute approximate surface area is 100 Å². The molecular formula is C12H17N3O2. The number of carboxylic acids is 1. The van der Waals surface area contributed by atoms with Crippen molar-refractivity contribution < 1.29 is 9.90 Å². The van der Waals surface area contributed by atoms with Crippen LogP contribution in [0.2, 0.25) is 0 Å². The lowest BCUT2D eigenvalue weighted by atomic mass is 9.82. The number of nitrogens with zero attached hydrogens (tertiary/aromatic N) is 3. The third-order valence-corrected chi connectivity index (χ3v) is 3.37. The van der Waals surface area contributed by atoms with E-state index in [2.05, 4.69) is 9.97 Å². The molecule has 1 fully saturated rings. The predicted octanol–water partition coefficient (Wildman–Crippen LogP) is 1.48. The molecule has 1 aromatic rings. The minimum absolute atomic E-state index is 0.502. The van der Waals surface area contributed by atoms with E-state index in [0.29, 0.717) is 6.54 Å². The number of aryl methyl sites for hydroxylation is 1. The van der Waals surface area contributed by atoms with Gasteiger partial charge in [-0.15, -0.1) is 0 Å². The smallest absolute Gasteiger partial charge is 0.311 e. The third kappa shape index (κ3) is 2.23. The highest BCUT2D eigenvalue weighted by molar-refractivity contribution is 5.75. The topological polar surface area (TPSA) is 66.3 Å². The molecule has 1 saturated heterocycles. The molecule has 1 unspecified atom stereocenters. The van der Waals surface area contributed by atoms with Gasteiger partial charge in [0.05, 0.1) is 11.1 Å². The summed E-state index contributed by atoms with van der Waals surface area (Å²) in [6.45, 7) is 5.05. The molecule has 0 aliphatic carbocycles. The van der Waals surface area contributed by atoms with Crippen LogP contribution in [0.15, 0.2) is 12.4 Å². The SMILES string of the molecule is Cc1nccnc1N1CCCC(C)(C(=O)O)C1. The summed E-state index contributed by atoms with van der Waals surface area (Å²) in [5.74, 6) is 0.0726. The van der Waals surface area contributed by atoms with Gasteiger partial charge in [-0.05, 0) is 26.7 Å². The van der Waals surface area contributed by atoms with E-state index in [1.807, 2.05) is 11.8 Å². The molecule has 0 bridgehead atoms. The normalized spacial score (nSPS) is 24.7. The third-order valence-electron chi connectivity index (χ3n) is 3.37. The minimum Gasteiger partial charge on any atom is -0.481 e. The zero-order chi connectivity index (χ0) is 12.5. The summed E-state index contributed by atoms with van der Waals surface area (Å²) < 4.78 is 0. The minimum atomic E-state index is -0.733. The Hall–Kier alpha value is -1.65. The Morgan fingerprint density at radius 1 is 1.47 bits per heavy atom. The summed E-state index contributed by atoms with van der Waals surface area (Å²) in [5, 5.41) is 9.27. The van der Waals surface area contributed by atoms with Crippen molar-refractivity contribution in [3.63, 3.8) is 0 Å². The number of carbonyl (C=O) groups is 1. The maximum absolute atomic E-state index is 11.3. The summed E-state index contributed by atoms with van der Waals surface area (Å²) in [7, 11) is 0. The number of rotatable bonds is 2. The van der Waals surface area contributed by atoms with Crippen molar-refractivity contribution in [2.75, 3.05) is 18.0 Å². The van der Waals surface area contributed by atoms with Crippen LogP contribution in [0.3, 0.4) is 0 Å². The molecule has 0 spiro atoms. The van der Waals surface area contributed by atoms with Gasteiger partial charge < -0.3 is 10.0 Å². The highest BCUT2D eigenvalue weighted by Crippen LogP contribution is 2.32. The van der Waals surface area contributed by atoms with Crippen molar-refractivity contribution in [2.45, 2.75) is 26.7 Å². The van der Waals surface area contributed by atoms with Gasteiger partial charge >= 0.3 is 5.97 Å². The highest BCUT2D eigenvalue weighted by Gasteiger charge is 2.38. The van der Waals surface area contributed by atoms with Crippen molar-refractivity contribution >= 4 is 11.8 Å². The molecule has 0 amide bonds. The zero-order valence-electron chi connectivity index (χ0n) is 10.2. The molecule has 5 heteroatoms. The van der Waals surface area contributed by atoms with Crippen molar-refractivity contribution in [3.8, 4) is 0 Å². The largest absolute Gasteiger partial charge is 0.481 e. The number of carboxylic acid groups (broad SMARTS) is 1. The summed E-state index contributed by atoms with van der Waals surface area (Å²) in [6, 6.07) is 0. The van der Waals surface area contributed by atoms with Crippen LogP contribution in [0.5, 0.6) is 0 Å². The molecule has 1 aliphatic heterocycles. The fourth-order valence-corrected chi connectivity index (χ4v) is 2.31. The lowest BCUT2D eigenvalue weighted by Gasteiger charge is -2.38. The van der Waals surface area contributed by atoms with Gasteiger partial charge in [-0.25, -0.2) is 4.98 Å². The lowest BCUT2D eigenvalue weighted by Crippen LogP contribution is -2.46. The highest BCUT2D eigenvalue weighted by atomic mass is 16.4. The van der Waals surface area contributed by atoms with Gasteiger partial charge in [0.2, 0.25) is 0 Å². The average molecular weight is 235 g/mol. The lowest BCUT2D eigenvalue weighted by molar-refractivity contribution is -0.148. The fraction of sp³-hybridized carbons (Fsp3) is 0.583. The van der Waals surface area contributed by atoms with Gasteiger partial charge in [0.1, 0.15) is 5.82 Å². The molecule has 0 radical (unpaired) electrons. The number of piperidine rings is 1. The van der Waals surface area contributed by atoms with E-state index in [0.717, 1.165) is 30.9 Å². The predicted molar refractivity (Wildman–Crippen MR) is 64.0 cm³/mol. The molecular weight excluding hydrogens is 218 g/mol. The van der Waals surface area contributed by atoms with Crippen LogP contribution >= 0.6 is 0 Å². The van der Waals surface area contributed by atoms with Crippen molar-refractivity contribution in [1.29, 1.82) is 0 Å². The number of aromatic nitrogens is 2. The van der Waals surface area contributed by atoms with Gasteiger partial charge in [0.15, 0.2) is 0 Å². The monoisotopic (exact) mass is 235 g/mol. The van der Waals surface area contributed by atoms with E-state index in [1.54, 1.807) is 19.3 Å². The van der Waals surface area contributed by atoms with E-state index < -0.39 is 11.4 Å². The van der Waals surface area contributed by atoms with Gasteiger partial charge in [-0.1, -0.05) is 0 Å². The number of aliphatic carboxylic acids is 1. The van der Waals surface area contributed by atoms with Crippen molar-refractivity contribution in [3.05, 3.63) is 18.1 Å². The molecule has 1 aromatic heterocycles. The molecule has 1 atom stereocenters. The summed E-state index contributed by atoms with van der Waals surface area (Å²) in [4.78, 5) is 21.8. The van der Waals surface area contributed by atoms with Gasteiger partial charge in [0.25, 0.3) is 0 Å². The second-order valence-corrected chi connectivity index (χ2v) is 4.86. The van der Waals surface area contributed by atoms with E-state index in [4.69, 9.17) is 0 Å².